The Hall–Kier alpha value is -1.24. The normalized spacial score (nSPS) is 17.0. The maximum absolute atomic E-state index is 5.17. The SMILES string of the molecule is CCc1cc2c(NC3CCN(CCOC)CC3)nc(C)nc2s1. The van der Waals surface area contributed by atoms with Crippen LogP contribution in [0.3, 0.4) is 0 Å². The van der Waals surface area contributed by atoms with E-state index in [0.717, 1.165) is 62.0 Å². The van der Waals surface area contributed by atoms with Crippen LogP contribution < -0.4 is 5.32 Å². The second kappa shape index (κ2) is 7.55. The summed E-state index contributed by atoms with van der Waals surface area (Å²) in [6.45, 7) is 8.26. The second-order valence-corrected chi connectivity index (χ2v) is 7.27. The van der Waals surface area contributed by atoms with Crippen LogP contribution in [0.2, 0.25) is 0 Å². The Balaban J connectivity index is 1.68. The molecular weight excluding hydrogens is 308 g/mol. The van der Waals surface area contributed by atoms with Gasteiger partial charge in [0, 0.05) is 37.7 Å². The van der Waals surface area contributed by atoms with Gasteiger partial charge in [-0.2, -0.15) is 0 Å². The van der Waals surface area contributed by atoms with Gasteiger partial charge in [0.25, 0.3) is 0 Å². The van der Waals surface area contributed by atoms with Gasteiger partial charge in [-0.15, -0.1) is 11.3 Å². The fourth-order valence-corrected chi connectivity index (χ4v) is 4.09. The number of hydrogen-bond acceptors (Lipinski definition) is 6. The molecule has 2 aromatic heterocycles. The molecule has 1 saturated heterocycles. The van der Waals surface area contributed by atoms with E-state index in [-0.39, 0.29) is 0 Å². The molecule has 6 heteroatoms. The lowest BCUT2D eigenvalue weighted by atomic mass is 10.0. The quantitative estimate of drug-likeness (QED) is 0.880. The van der Waals surface area contributed by atoms with Gasteiger partial charge >= 0.3 is 0 Å². The molecule has 1 aliphatic heterocycles. The fourth-order valence-electron chi connectivity index (χ4n) is 3.08. The molecule has 1 fully saturated rings. The van der Waals surface area contributed by atoms with Gasteiger partial charge in [0.05, 0.1) is 12.0 Å². The summed E-state index contributed by atoms with van der Waals surface area (Å²) >= 11 is 1.78. The van der Waals surface area contributed by atoms with Crippen molar-refractivity contribution >= 4 is 27.4 Å². The average Bonchev–Trinajstić information content (AvgIpc) is 2.97. The highest BCUT2D eigenvalue weighted by molar-refractivity contribution is 7.18. The summed E-state index contributed by atoms with van der Waals surface area (Å²) in [6, 6.07) is 2.74. The number of anilines is 1. The fraction of sp³-hybridized carbons (Fsp3) is 0.647. The summed E-state index contributed by atoms with van der Waals surface area (Å²) in [5.74, 6) is 1.86. The number of aromatic nitrogens is 2. The highest BCUT2D eigenvalue weighted by atomic mass is 32.1. The van der Waals surface area contributed by atoms with Crippen LogP contribution in [0.1, 0.15) is 30.5 Å². The third kappa shape index (κ3) is 4.00. The molecule has 0 aliphatic carbocycles. The first kappa shape index (κ1) is 16.6. The van der Waals surface area contributed by atoms with Crippen molar-refractivity contribution in [3.63, 3.8) is 0 Å². The first-order valence-corrected chi connectivity index (χ1v) is 9.26. The molecule has 2 aromatic rings. The molecule has 126 valence electrons. The van der Waals surface area contributed by atoms with Crippen molar-refractivity contribution in [1.82, 2.24) is 14.9 Å². The van der Waals surface area contributed by atoms with Gasteiger partial charge in [-0.1, -0.05) is 6.92 Å². The summed E-state index contributed by atoms with van der Waals surface area (Å²) in [5.41, 5.74) is 0. The molecule has 1 aliphatic rings. The van der Waals surface area contributed by atoms with Crippen LogP contribution in [0, 0.1) is 6.92 Å². The van der Waals surface area contributed by atoms with E-state index in [1.54, 1.807) is 18.4 Å². The monoisotopic (exact) mass is 334 g/mol. The summed E-state index contributed by atoms with van der Waals surface area (Å²) in [5, 5.41) is 4.86. The third-order valence-electron chi connectivity index (χ3n) is 4.44. The molecule has 0 amide bonds. The van der Waals surface area contributed by atoms with E-state index in [4.69, 9.17) is 4.74 Å². The number of methoxy groups -OCH3 is 1. The van der Waals surface area contributed by atoms with Crippen LogP contribution in [0.4, 0.5) is 5.82 Å². The minimum atomic E-state index is 0.497. The minimum Gasteiger partial charge on any atom is -0.383 e. The highest BCUT2D eigenvalue weighted by Gasteiger charge is 2.20. The predicted molar refractivity (Wildman–Crippen MR) is 96.5 cm³/mol. The number of fused-ring (bicyclic) bond motifs is 1. The Kier molecular flexibility index (Phi) is 5.46. The first-order valence-electron chi connectivity index (χ1n) is 8.44. The molecule has 3 rings (SSSR count). The molecule has 5 nitrogen and oxygen atoms in total. The lowest BCUT2D eigenvalue weighted by Crippen LogP contribution is -2.40. The van der Waals surface area contributed by atoms with Crippen LogP contribution in [-0.2, 0) is 11.2 Å². The first-order chi connectivity index (χ1) is 11.2. The van der Waals surface area contributed by atoms with E-state index in [1.165, 1.54) is 10.3 Å². The molecule has 1 N–H and O–H groups in total. The molecule has 0 radical (unpaired) electrons. The molecule has 0 aromatic carbocycles. The minimum absolute atomic E-state index is 0.497. The zero-order chi connectivity index (χ0) is 16.2. The Labute approximate surface area is 142 Å². The van der Waals surface area contributed by atoms with Crippen molar-refractivity contribution in [2.45, 2.75) is 39.2 Å². The van der Waals surface area contributed by atoms with Crippen molar-refractivity contribution < 1.29 is 4.74 Å². The van der Waals surface area contributed by atoms with E-state index in [0.29, 0.717) is 6.04 Å². The topological polar surface area (TPSA) is 50.3 Å². The van der Waals surface area contributed by atoms with Gasteiger partial charge < -0.3 is 15.0 Å². The van der Waals surface area contributed by atoms with Crippen LogP contribution in [-0.4, -0.2) is 54.3 Å². The highest BCUT2D eigenvalue weighted by Crippen LogP contribution is 2.30. The predicted octanol–water partition coefficient (Wildman–Crippen LogP) is 3.08. The Morgan fingerprint density at radius 2 is 2.13 bits per heavy atom. The van der Waals surface area contributed by atoms with E-state index >= 15 is 0 Å². The molecule has 0 bridgehead atoms. The number of ether oxygens (including phenoxy) is 1. The Bertz CT molecular complexity index is 649. The molecule has 3 heterocycles. The Morgan fingerprint density at radius 1 is 1.35 bits per heavy atom. The smallest absolute Gasteiger partial charge is 0.138 e. The van der Waals surface area contributed by atoms with Crippen LogP contribution in [0.25, 0.3) is 10.2 Å². The number of thiophene rings is 1. The zero-order valence-electron chi connectivity index (χ0n) is 14.3. The van der Waals surface area contributed by atoms with Gasteiger partial charge in [0.15, 0.2) is 0 Å². The van der Waals surface area contributed by atoms with E-state index < -0.39 is 0 Å². The summed E-state index contributed by atoms with van der Waals surface area (Å²) in [6.07, 6.45) is 3.36. The summed E-state index contributed by atoms with van der Waals surface area (Å²) in [4.78, 5) is 14.2. The van der Waals surface area contributed by atoms with Gasteiger partial charge in [-0.05, 0) is 32.3 Å². The number of piperidine rings is 1. The molecule has 23 heavy (non-hydrogen) atoms. The van der Waals surface area contributed by atoms with Crippen molar-refractivity contribution in [3.05, 3.63) is 16.8 Å². The van der Waals surface area contributed by atoms with Crippen molar-refractivity contribution in [2.75, 3.05) is 38.7 Å². The standard InChI is InChI=1S/C17H26N4OS/c1-4-14-11-15-16(18-12(2)19-17(15)23-14)20-13-5-7-21(8-6-13)9-10-22-3/h11,13H,4-10H2,1-3H3,(H,18,19,20). The molecule has 0 saturated carbocycles. The summed E-state index contributed by atoms with van der Waals surface area (Å²) in [7, 11) is 1.77. The van der Waals surface area contributed by atoms with Gasteiger partial charge in [-0.25, -0.2) is 9.97 Å². The maximum atomic E-state index is 5.17. The van der Waals surface area contributed by atoms with Crippen LogP contribution >= 0.6 is 11.3 Å². The zero-order valence-corrected chi connectivity index (χ0v) is 15.1. The van der Waals surface area contributed by atoms with Gasteiger partial charge in [0.1, 0.15) is 16.5 Å². The number of rotatable bonds is 6. The number of nitrogens with zero attached hydrogens (tertiary/aromatic N) is 3. The van der Waals surface area contributed by atoms with Crippen molar-refractivity contribution in [2.24, 2.45) is 0 Å². The van der Waals surface area contributed by atoms with Crippen molar-refractivity contribution in [1.29, 1.82) is 0 Å². The molecule has 0 spiro atoms. The third-order valence-corrected chi connectivity index (χ3v) is 5.62. The van der Waals surface area contributed by atoms with Crippen LogP contribution in [0.15, 0.2) is 6.07 Å². The Morgan fingerprint density at radius 3 is 2.83 bits per heavy atom. The molecular formula is C17H26N4OS. The van der Waals surface area contributed by atoms with E-state index in [2.05, 4.69) is 33.2 Å². The number of nitrogens with one attached hydrogen (secondary N) is 1. The largest absolute Gasteiger partial charge is 0.383 e. The average molecular weight is 334 g/mol. The molecule has 0 unspecified atom stereocenters. The van der Waals surface area contributed by atoms with Crippen LogP contribution in [0.5, 0.6) is 0 Å². The van der Waals surface area contributed by atoms with Crippen molar-refractivity contribution in [3.8, 4) is 0 Å². The second-order valence-electron chi connectivity index (χ2n) is 6.16. The maximum Gasteiger partial charge on any atom is 0.138 e. The van der Waals surface area contributed by atoms with Gasteiger partial charge in [-0.3, -0.25) is 0 Å². The van der Waals surface area contributed by atoms with Gasteiger partial charge in [0.2, 0.25) is 0 Å². The lowest BCUT2D eigenvalue weighted by molar-refractivity contribution is 0.132. The summed E-state index contributed by atoms with van der Waals surface area (Å²) < 4.78 is 5.17. The lowest BCUT2D eigenvalue weighted by Gasteiger charge is -2.32. The number of likely N-dealkylation sites (tertiary alicyclic amines) is 1. The van der Waals surface area contributed by atoms with E-state index in [9.17, 15) is 0 Å². The molecule has 0 atom stereocenters. The number of aryl methyl sites for hydroxylation is 2. The van der Waals surface area contributed by atoms with E-state index in [1.807, 2.05) is 6.92 Å². The number of hydrogen-bond donors (Lipinski definition) is 1.